The zero-order chi connectivity index (χ0) is 34.2. The molecule has 4 heteroatoms. The third-order valence-electron chi connectivity index (χ3n) is 10.3. The Hall–Kier alpha value is -6.62. The van der Waals surface area contributed by atoms with Crippen molar-refractivity contribution in [1.29, 1.82) is 0 Å². The van der Waals surface area contributed by atoms with Gasteiger partial charge in [0.2, 0.25) is 0 Å². The molecule has 0 spiro atoms. The van der Waals surface area contributed by atoms with Crippen LogP contribution in [0.25, 0.3) is 86.3 Å². The van der Waals surface area contributed by atoms with Crippen LogP contribution in [-0.4, -0.2) is 0 Å². The molecule has 244 valence electrons. The molecule has 0 saturated heterocycles. The van der Waals surface area contributed by atoms with Crippen molar-refractivity contribution in [2.24, 2.45) is 0 Å². The fourth-order valence-corrected chi connectivity index (χ4v) is 9.00. The molecule has 3 heterocycles. The number of benzene rings is 8. The molecular weight excluding hydrogens is 655 g/mol. The van der Waals surface area contributed by atoms with E-state index in [1.165, 1.54) is 31.3 Å². The van der Waals surface area contributed by atoms with Crippen LogP contribution < -0.4 is 4.90 Å². The van der Waals surface area contributed by atoms with Crippen LogP contribution in [-0.2, 0) is 0 Å². The molecule has 0 aliphatic rings. The highest BCUT2D eigenvalue weighted by Gasteiger charge is 2.22. The van der Waals surface area contributed by atoms with E-state index in [1.54, 1.807) is 0 Å². The zero-order valence-corrected chi connectivity index (χ0v) is 28.7. The average Bonchev–Trinajstić information content (AvgIpc) is 3.89. The van der Waals surface area contributed by atoms with Gasteiger partial charge in [0.1, 0.15) is 16.7 Å². The van der Waals surface area contributed by atoms with E-state index in [0.717, 1.165) is 72.1 Å². The van der Waals surface area contributed by atoms with Crippen LogP contribution >= 0.6 is 11.3 Å². The van der Waals surface area contributed by atoms with Crippen LogP contribution in [0.3, 0.4) is 0 Å². The lowest BCUT2D eigenvalue weighted by Crippen LogP contribution is -2.10. The Bertz CT molecular complexity index is 3130. The quantitative estimate of drug-likeness (QED) is 0.181. The molecule has 0 atom stereocenters. The van der Waals surface area contributed by atoms with E-state index in [2.05, 4.69) is 163 Å². The van der Waals surface area contributed by atoms with Crippen molar-refractivity contribution >= 4 is 92.4 Å². The second-order valence-electron chi connectivity index (χ2n) is 13.3. The first-order valence-electron chi connectivity index (χ1n) is 17.5. The van der Waals surface area contributed by atoms with Crippen LogP contribution in [0.5, 0.6) is 0 Å². The van der Waals surface area contributed by atoms with E-state index >= 15 is 0 Å². The molecule has 52 heavy (non-hydrogen) atoms. The van der Waals surface area contributed by atoms with Crippen LogP contribution in [0.15, 0.2) is 185 Å². The summed E-state index contributed by atoms with van der Waals surface area (Å²) in [5.41, 5.74) is 11.1. The standard InChI is InChI=1S/C48H29NO2S/c1-3-11-30(12-4-1)32-21-24-38-39-26-23-34(29-46(39)52-45(38)27-32)49(33-22-25-37-36-15-7-8-20-43(36)50-44(37)28-33)42-19-10-18-41-40-17-9-16-35(47(40)51-48(41)42)31-13-5-2-6-14-31/h1-29H. The van der Waals surface area contributed by atoms with Gasteiger partial charge in [0.15, 0.2) is 5.58 Å². The molecule has 0 saturated carbocycles. The summed E-state index contributed by atoms with van der Waals surface area (Å²) in [5.74, 6) is 0. The predicted octanol–water partition coefficient (Wildman–Crippen LogP) is 14.7. The molecule has 11 aromatic rings. The van der Waals surface area contributed by atoms with E-state index in [9.17, 15) is 0 Å². The summed E-state index contributed by atoms with van der Waals surface area (Å²) in [7, 11) is 0. The minimum absolute atomic E-state index is 0.842. The Morgan fingerprint density at radius 2 is 0.981 bits per heavy atom. The maximum Gasteiger partial charge on any atom is 0.159 e. The molecule has 0 amide bonds. The molecule has 0 aliphatic carbocycles. The highest BCUT2D eigenvalue weighted by atomic mass is 32.1. The highest BCUT2D eigenvalue weighted by molar-refractivity contribution is 7.25. The number of para-hydroxylation sites is 3. The maximum atomic E-state index is 6.96. The van der Waals surface area contributed by atoms with E-state index in [-0.39, 0.29) is 0 Å². The normalized spacial score (nSPS) is 11.8. The van der Waals surface area contributed by atoms with Crippen molar-refractivity contribution in [3.63, 3.8) is 0 Å². The van der Waals surface area contributed by atoms with Gasteiger partial charge >= 0.3 is 0 Å². The molecule has 3 nitrogen and oxygen atoms in total. The summed E-state index contributed by atoms with van der Waals surface area (Å²) in [6.07, 6.45) is 0. The lowest BCUT2D eigenvalue weighted by Gasteiger charge is -2.25. The summed E-state index contributed by atoms with van der Waals surface area (Å²) < 4.78 is 15.9. The fraction of sp³-hybridized carbons (Fsp3) is 0. The van der Waals surface area contributed by atoms with Crippen molar-refractivity contribution in [2.45, 2.75) is 0 Å². The van der Waals surface area contributed by atoms with Gasteiger partial charge in [0.25, 0.3) is 0 Å². The predicted molar refractivity (Wildman–Crippen MR) is 219 cm³/mol. The zero-order valence-electron chi connectivity index (χ0n) is 27.9. The molecule has 0 radical (unpaired) electrons. The second-order valence-corrected chi connectivity index (χ2v) is 14.4. The number of anilines is 3. The van der Waals surface area contributed by atoms with Crippen molar-refractivity contribution in [2.75, 3.05) is 4.90 Å². The number of thiophene rings is 1. The van der Waals surface area contributed by atoms with E-state index in [1.807, 2.05) is 29.5 Å². The first-order chi connectivity index (χ1) is 25.8. The Kier molecular flexibility index (Phi) is 6.42. The third kappa shape index (κ3) is 4.51. The number of nitrogens with zero attached hydrogens (tertiary/aromatic N) is 1. The summed E-state index contributed by atoms with van der Waals surface area (Å²) in [5, 5.41) is 6.92. The Morgan fingerprint density at radius 3 is 1.81 bits per heavy atom. The highest BCUT2D eigenvalue weighted by Crippen LogP contribution is 2.47. The first kappa shape index (κ1) is 29.1. The van der Waals surface area contributed by atoms with Gasteiger partial charge in [-0.25, -0.2) is 0 Å². The molecule has 11 rings (SSSR count). The number of rotatable bonds is 5. The minimum Gasteiger partial charge on any atom is -0.456 e. The lowest BCUT2D eigenvalue weighted by molar-refractivity contribution is 0.668. The first-order valence-corrected chi connectivity index (χ1v) is 18.3. The molecule has 3 aromatic heterocycles. The molecule has 0 fully saturated rings. The Morgan fingerprint density at radius 1 is 0.365 bits per heavy atom. The lowest BCUT2D eigenvalue weighted by atomic mass is 10.0. The van der Waals surface area contributed by atoms with Gasteiger partial charge in [-0.15, -0.1) is 11.3 Å². The van der Waals surface area contributed by atoms with Crippen molar-refractivity contribution in [3.05, 3.63) is 176 Å². The Balaban J connectivity index is 1.14. The average molecular weight is 684 g/mol. The Labute approximate surface area is 303 Å². The summed E-state index contributed by atoms with van der Waals surface area (Å²) in [4.78, 5) is 2.32. The SMILES string of the molecule is c1ccc(-c2ccc3c(c2)sc2cc(N(c4ccc5c(c4)oc4ccccc45)c4cccc5c4oc4c(-c6ccccc6)cccc45)ccc23)cc1. The molecule has 0 N–H and O–H groups in total. The maximum absolute atomic E-state index is 6.96. The van der Waals surface area contributed by atoms with Gasteiger partial charge in [-0.3, -0.25) is 0 Å². The third-order valence-corrected chi connectivity index (χ3v) is 11.4. The molecule has 0 aliphatic heterocycles. The van der Waals surface area contributed by atoms with Gasteiger partial charge in [-0.05, 0) is 59.2 Å². The topological polar surface area (TPSA) is 29.5 Å². The van der Waals surface area contributed by atoms with Crippen molar-refractivity contribution in [1.82, 2.24) is 0 Å². The van der Waals surface area contributed by atoms with Crippen LogP contribution in [0.4, 0.5) is 17.1 Å². The van der Waals surface area contributed by atoms with Crippen LogP contribution in [0, 0.1) is 0 Å². The minimum atomic E-state index is 0.842. The van der Waals surface area contributed by atoms with Crippen LogP contribution in [0.2, 0.25) is 0 Å². The molecular formula is C48H29NO2S. The van der Waals surface area contributed by atoms with Crippen molar-refractivity contribution < 1.29 is 8.83 Å². The number of hydrogen-bond donors (Lipinski definition) is 0. The smallest absolute Gasteiger partial charge is 0.159 e. The molecule has 0 bridgehead atoms. The van der Waals surface area contributed by atoms with E-state index < -0.39 is 0 Å². The summed E-state index contributed by atoms with van der Waals surface area (Å²) in [6, 6.07) is 62.4. The fourth-order valence-electron chi connectivity index (χ4n) is 7.82. The van der Waals surface area contributed by atoms with Crippen LogP contribution in [0.1, 0.15) is 0 Å². The van der Waals surface area contributed by atoms with Crippen molar-refractivity contribution in [3.8, 4) is 22.3 Å². The number of fused-ring (bicyclic) bond motifs is 9. The van der Waals surface area contributed by atoms with Gasteiger partial charge in [-0.1, -0.05) is 127 Å². The van der Waals surface area contributed by atoms with Gasteiger partial charge in [-0.2, -0.15) is 0 Å². The molecule has 0 unspecified atom stereocenters. The number of furan rings is 2. The second kappa shape index (κ2) is 11.5. The summed E-state index contributed by atoms with van der Waals surface area (Å²) in [6.45, 7) is 0. The monoisotopic (exact) mass is 683 g/mol. The van der Waals surface area contributed by atoms with E-state index in [0.29, 0.717) is 0 Å². The largest absolute Gasteiger partial charge is 0.456 e. The van der Waals surface area contributed by atoms with Gasteiger partial charge in [0.05, 0.1) is 11.4 Å². The number of hydrogen-bond acceptors (Lipinski definition) is 4. The van der Waals surface area contributed by atoms with E-state index in [4.69, 9.17) is 8.83 Å². The molecule has 8 aromatic carbocycles. The van der Waals surface area contributed by atoms with Gasteiger partial charge < -0.3 is 13.7 Å². The summed E-state index contributed by atoms with van der Waals surface area (Å²) >= 11 is 1.84. The van der Waals surface area contributed by atoms with Gasteiger partial charge in [0, 0.05) is 59.0 Å².